The van der Waals surface area contributed by atoms with Gasteiger partial charge < -0.3 is 15.4 Å². The van der Waals surface area contributed by atoms with Crippen molar-refractivity contribution < 1.29 is 4.74 Å². The van der Waals surface area contributed by atoms with Gasteiger partial charge in [0.25, 0.3) is 0 Å². The summed E-state index contributed by atoms with van der Waals surface area (Å²) in [5.74, 6) is 0.987. The zero-order valence-electron chi connectivity index (χ0n) is 13.4. The Hall–Kier alpha value is -0.770. The van der Waals surface area contributed by atoms with Crippen LogP contribution in [0.4, 0.5) is 0 Å². The van der Waals surface area contributed by atoms with Crippen molar-refractivity contribution in [3.63, 3.8) is 0 Å². The summed E-state index contributed by atoms with van der Waals surface area (Å²) >= 11 is 0. The van der Waals surface area contributed by atoms with Crippen molar-refractivity contribution in [3.8, 4) is 0 Å². The SMILES string of the molecule is CCCN=C(NCC)NC1CC(OCC)C12CCCC2. The lowest BCUT2D eigenvalue weighted by Crippen LogP contribution is -2.65. The first-order chi connectivity index (χ1) is 9.76. The Balaban J connectivity index is 1.97. The normalized spacial score (nSPS) is 28.4. The van der Waals surface area contributed by atoms with Crippen molar-refractivity contribution in [1.29, 1.82) is 0 Å². The van der Waals surface area contributed by atoms with Gasteiger partial charge in [-0.1, -0.05) is 19.8 Å². The predicted octanol–water partition coefficient (Wildman–Crippen LogP) is 2.69. The molecule has 4 heteroatoms. The van der Waals surface area contributed by atoms with Gasteiger partial charge in [0.05, 0.1) is 6.10 Å². The number of hydrogen-bond donors (Lipinski definition) is 2. The van der Waals surface area contributed by atoms with Gasteiger partial charge in [-0.2, -0.15) is 0 Å². The third kappa shape index (κ3) is 3.11. The summed E-state index contributed by atoms with van der Waals surface area (Å²) < 4.78 is 5.97. The summed E-state index contributed by atoms with van der Waals surface area (Å²) in [6, 6.07) is 0.538. The minimum atomic E-state index is 0.373. The van der Waals surface area contributed by atoms with Gasteiger partial charge >= 0.3 is 0 Å². The smallest absolute Gasteiger partial charge is 0.191 e. The standard InChI is InChI=1S/C16H31N3O/c1-4-11-18-15(17-5-2)19-13-12-14(20-6-3)16(13)9-7-8-10-16/h13-14H,4-12H2,1-3H3,(H2,17,18,19). The van der Waals surface area contributed by atoms with Crippen LogP contribution in [-0.4, -0.2) is 37.8 Å². The van der Waals surface area contributed by atoms with Crippen LogP contribution >= 0.6 is 0 Å². The maximum absolute atomic E-state index is 5.97. The molecule has 1 spiro atoms. The Labute approximate surface area is 123 Å². The van der Waals surface area contributed by atoms with Gasteiger partial charge in [0.15, 0.2) is 5.96 Å². The monoisotopic (exact) mass is 281 g/mol. The molecule has 0 heterocycles. The molecule has 2 atom stereocenters. The highest BCUT2D eigenvalue weighted by Gasteiger charge is 2.56. The van der Waals surface area contributed by atoms with E-state index in [1.54, 1.807) is 0 Å². The molecule has 2 fully saturated rings. The molecule has 20 heavy (non-hydrogen) atoms. The average molecular weight is 281 g/mol. The molecule has 0 aromatic carbocycles. The fourth-order valence-corrected chi connectivity index (χ4v) is 3.80. The van der Waals surface area contributed by atoms with Gasteiger partial charge in [0.2, 0.25) is 0 Å². The fourth-order valence-electron chi connectivity index (χ4n) is 3.80. The van der Waals surface area contributed by atoms with E-state index in [1.807, 2.05) is 0 Å². The zero-order chi connectivity index (χ0) is 14.4. The first-order valence-corrected chi connectivity index (χ1v) is 8.43. The molecule has 116 valence electrons. The molecule has 0 aliphatic heterocycles. The maximum Gasteiger partial charge on any atom is 0.191 e. The third-order valence-electron chi connectivity index (χ3n) is 4.84. The summed E-state index contributed by atoms with van der Waals surface area (Å²) in [5, 5.41) is 7.04. The summed E-state index contributed by atoms with van der Waals surface area (Å²) in [4.78, 5) is 4.63. The lowest BCUT2D eigenvalue weighted by atomic mass is 9.60. The quantitative estimate of drug-likeness (QED) is 0.581. The summed E-state index contributed by atoms with van der Waals surface area (Å²) in [6.07, 6.45) is 8.00. The minimum absolute atomic E-state index is 0.373. The molecular formula is C16H31N3O. The molecule has 4 nitrogen and oxygen atoms in total. The lowest BCUT2D eigenvalue weighted by molar-refractivity contribution is -0.125. The molecule has 0 saturated heterocycles. The van der Waals surface area contributed by atoms with Gasteiger partial charge in [-0.25, -0.2) is 0 Å². The number of hydrogen-bond acceptors (Lipinski definition) is 2. The number of aliphatic imine (C=N–C) groups is 1. The van der Waals surface area contributed by atoms with Crippen LogP contribution in [0.1, 0.15) is 59.3 Å². The number of rotatable bonds is 6. The fraction of sp³-hybridized carbons (Fsp3) is 0.938. The van der Waals surface area contributed by atoms with E-state index in [0.717, 1.165) is 38.5 Å². The van der Waals surface area contributed by atoms with E-state index in [0.29, 0.717) is 17.6 Å². The summed E-state index contributed by atoms with van der Waals surface area (Å²) in [6.45, 7) is 9.05. The molecule has 0 radical (unpaired) electrons. The minimum Gasteiger partial charge on any atom is -0.378 e. The zero-order valence-corrected chi connectivity index (χ0v) is 13.4. The van der Waals surface area contributed by atoms with Crippen molar-refractivity contribution in [2.45, 2.75) is 71.4 Å². The van der Waals surface area contributed by atoms with Crippen LogP contribution in [-0.2, 0) is 4.74 Å². The highest BCUT2D eigenvalue weighted by Crippen LogP contribution is 2.54. The molecule has 2 aliphatic carbocycles. The van der Waals surface area contributed by atoms with Crippen molar-refractivity contribution in [1.82, 2.24) is 10.6 Å². The highest BCUT2D eigenvalue weighted by atomic mass is 16.5. The first kappa shape index (κ1) is 15.6. The lowest BCUT2D eigenvalue weighted by Gasteiger charge is -2.54. The second-order valence-corrected chi connectivity index (χ2v) is 6.08. The van der Waals surface area contributed by atoms with E-state index < -0.39 is 0 Å². The third-order valence-corrected chi connectivity index (χ3v) is 4.84. The molecule has 2 saturated carbocycles. The van der Waals surface area contributed by atoms with Gasteiger partial charge in [-0.3, -0.25) is 4.99 Å². The van der Waals surface area contributed by atoms with E-state index in [2.05, 4.69) is 36.4 Å². The number of nitrogens with one attached hydrogen (secondary N) is 2. The second-order valence-electron chi connectivity index (χ2n) is 6.08. The van der Waals surface area contributed by atoms with Crippen LogP contribution in [0.5, 0.6) is 0 Å². The van der Waals surface area contributed by atoms with Gasteiger partial charge in [-0.05, 0) is 39.5 Å². The van der Waals surface area contributed by atoms with E-state index in [1.165, 1.54) is 25.7 Å². The average Bonchev–Trinajstić information content (AvgIpc) is 2.96. The van der Waals surface area contributed by atoms with Crippen LogP contribution in [0.15, 0.2) is 4.99 Å². The van der Waals surface area contributed by atoms with Crippen molar-refractivity contribution in [2.75, 3.05) is 19.7 Å². The molecule has 0 aromatic rings. The van der Waals surface area contributed by atoms with Gasteiger partial charge in [0, 0.05) is 31.2 Å². The number of nitrogens with zero attached hydrogens (tertiary/aromatic N) is 1. The summed E-state index contributed by atoms with van der Waals surface area (Å²) in [5.41, 5.74) is 0.373. The molecule has 0 amide bonds. The highest BCUT2D eigenvalue weighted by molar-refractivity contribution is 5.80. The van der Waals surface area contributed by atoms with Gasteiger partial charge in [-0.15, -0.1) is 0 Å². The Bertz CT molecular complexity index is 324. The van der Waals surface area contributed by atoms with Crippen LogP contribution in [0.25, 0.3) is 0 Å². The Kier molecular flexibility index (Phi) is 5.70. The molecule has 2 aliphatic rings. The Morgan fingerprint density at radius 1 is 1.25 bits per heavy atom. The van der Waals surface area contributed by atoms with E-state index in [-0.39, 0.29) is 0 Å². The first-order valence-electron chi connectivity index (χ1n) is 8.43. The molecular weight excluding hydrogens is 250 g/mol. The molecule has 0 aromatic heterocycles. The number of guanidine groups is 1. The van der Waals surface area contributed by atoms with Crippen LogP contribution < -0.4 is 10.6 Å². The molecule has 2 N–H and O–H groups in total. The molecule has 2 rings (SSSR count). The Morgan fingerprint density at radius 2 is 2.00 bits per heavy atom. The molecule has 2 unspecified atom stereocenters. The van der Waals surface area contributed by atoms with Crippen LogP contribution in [0.2, 0.25) is 0 Å². The maximum atomic E-state index is 5.97. The van der Waals surface area contributed by atoms with Crippen molar-refractivity contribution in [2.24, 2.45) is 10.4 Å². The van der Waals surface area contributed by atoms with Crippen LogP contribution in [0, 0.1) is 5.41 Å². The van der Waals surface area contributed by atoms with E-state index in [9.17, 15) is 0 Å². The van der Waals surface area contributed by atoms with E-state index >= 15 is 0 Å². The largest absolute Gasteiger partial charge is 0.378 e. The second kappa shape index (κ2) is 7.30. The topological polar surface area (TPSA) is 45.7 Å². The predicted molar refractivity (Wildman–Crippen MR) is 84.1 cm³/mol. The van der Waals surface area contributed by atoms with Crippen LogP contribution in [0.3, 0.4) is 0 Å². The number of ether oxygens (including phenoxy) is 1. The van der Waals surface area contributed by atoms with Crippen molar-refractivity contribution >= 4 is 5.96 Å². The molecule has 0 bridgehead atoms. The Morgan fingerprint density at radius 3 is 2.60 bits per heavy atom. The van der Waals surface area contributed by atoms with Gasteiger partial charge in [0.1, 0.15) is 0 Å². The summed E-state index contributed by atoms with van der Waals surface area (Å²) in [7, 11) is 0. The van der Waals surface area contributed by atoms with Crippen molar-refractivity contribution in [3.05, 3.63) is 0 Å². The van der Waals surface area contributed by atoms with E-state index in [4.69, 9.17) is 4.74 Å².